The molecular formula is C16H24N4. The molecule has 0 saturated heterocycles. The lowest BCUT2D eigenvalue weighted by Crippen LogP contribution is -2.32. The van der Waals surface area contributed by atoms with Crippen molar-refractivity contribution in [1.29, 1.82) is 0 Å². The van der Waals surface area contributed by atoms with E-state index in [4.69, 9.17) is 5.73 Å². The molecule has 4 nitrogen and oxygen atoms in total. The number of anilines is 2. The van der Waals surface area contributed by atoms with Crippen LogP contribution in [0.15, 0.2) is 24.5 Å². The summed E-state index contributed by atoms with van der Waals surface area (Å²) in [5, 5.41) is 1.04. The standard InChI is InChI=1S/C16H24N4/c1-4-5-6-9-20(12(2)3)16-14-10-13(17)7-8-15(14)18-11-19-16/h7-8,10-12H,4-6,9,17H2,1-3H3. The quantitative estimate of drug-likeness (QED) is 0.644. The fourth-order valence-electron chi connectivity index (χ4n) is 2.43. The fraction of sp³-hybridized carbons (Fsp3) is 0.500. The highest BCUT2D eigenvalue weighted by Crippen LogP contribution is 2.26. The van der Waals surface area contributed by atoms with Gasteiger partial charge in [-0.25, -0.2) is 9.97 Å². The van der Waals surface area contributed by atoms with Crippen LogP contribution < -0.4 is 10.6 Å². The number of nitrogens with zero attached hydrogens (tertiary/aromatic N) is 3. The molecule has 1 aromatic carbocycles. The lowest BCUT2D eigenvalue weighted by molar-refractivity contribution is 0.621. The number of nitrogens with two attached hydrogens (primary N) is 1. The van der Waals surface area contributed by atoms with E-state index < -0.39 is 0 Å². The van der Waals surface area contributed by atoms with Gasteiger partial charge in [0.15, 0.2) is 0 Å². The first kappa shape index (κ1) is 14.6. The van der Waals surface area contributed by atoms with Gasteiger partial charge in [0, 0.05) is 23.7 Å². The number of unbranched alkanes of at least 4 members (excludes halogenated alkanes) is 2. The number of fused-ring (bicyclic) bond motifs is 1. The van der Waals surface area contributed by atoms with Crippen LogP contribution in [0.3, 0.4) is 0 Å². The van der Waals surface area contributed by atoms with Crippen molar-refractivity contribution in [3.63, 3.8) is 0 Å². The van der Waals surface area contributed by atoms with E-state index in [0.29, 0.717) is 6.04 Å². The molecular weight excluding hydrogens is 248 g/mol. The maximum absolute atomic E-state index is 5.92. The lowest BCUT2D eigenvalue weighted by Gasteiger charge is -2.28. The second-order valence-corrected chi connectivity index (χ2v) is 5.47. The summed E-state index contributed by atoms with van der Waals surface area (Å²) in [6, 6.07) is 6.22. The third-order valence-electron chi connectivity index (χ3n) is 3.54. The minimum absolute atomic E-state index is 0.409. The van der Waals surface area contributed by atoms with Crippen molar-refractivity contribution in [1.82, 2.24) is 9.97 Å². The van der Waals surface area contributed by atoms with Crippen LogP contribution in [0.2, 0.25) is 0 Å². The second-order valence-electron chi connectivity index (χ2n) is 5.47. The van der Waals surface area contributed by atoms with Crippen molar-refractivity contribution >= 4 is 22.4 Å². The van der Waals surface area contributed by atoms with E-state index in [1.165, 1.54) is 19.3 Å². The molecule has 0 aliphatic heterocycles. The highest BCUT2D eigenvalue weighted by atomic mass is 15.2. The van der Waals surface area contributed by atoms with Crippen LogP contribution in [-0.4, -0.2) is 22.6 Å². The summed E-state index contributed by atoms with van der Waals surface area (Å²) in [6.45, 7) is 7.64. The molecule has 2 rings (SSSR count). The average molecular weight is 272 g/mol. The van der Waals surface area contributed by atoms with E-state index in [0.717, 1.165) is 29.0 Å². The summed E-state index contributed by atoms with van der Waals surface area (Å²) < 4.78 is 0. The first-order valence-corrected chi connectivity index (χ1v) is 7.40. The van der Waals surface area contributed by atoms with E-state index in [-0.39, 0.29) is 0 Å². The molecule has 4 heteroatoms. The molecule has 0 aliphatic rings. The number of aromatic nitrogens is 2. The fourth-order valence-corrected chi connectivity index (χ4v) is 2.43. The Morgan fingerprint density at radius 2 is 2.00 bits per heavy atom. The third kappa shape index (κ3) is 3.18. The molecule has 20 heavy (non-hydrogen) atoms. The summed E-state index contributed by atoms with van der Waals surface area (Å²) in [7, 11) is 0. The first-order chi connectivity index (χ1) is 9.63. The molecule has 0 saturated carbocycles. The predicted octanol–water partition coefficient (Wildman–Crippen LogP) is 3.62. The predicted molar refractivity (Wildman–Crippen MR) is 86.0 cm³/mol. The number of hydrogen-bond donors (Lipinski definition) is 1. The van der Waals surface area contributed by atoms with Crippen LogP contribution in [-0.2, 0) is 0 Å². The largest absolute Gasteiger partial charge is 0.399 e. The molecule has 0 bridgehead atoms. The van der Waals surface area contributed by atoms with E-state index in [1.54, 1.807) is 6.33 Å². The Labute approximate surface area is 121 Å². The Balaban J connectivity index is 2.39. The van der Waals surface area contributed by atoms with Crippen molar-refractivity contribution < 1.29 is 0 Å². The van der Waals surface area contributed by atoms with Crippen molar-refractivity contribution in [2.45, 2.75) is 46.1 Å². The second kappa shape index (κ2) is 6.55. The van der Waals surface area contributed by atoms with Crippen LogP contribution in [0.4, 0.5) is 11.5 Å². The van der Waals surface area contributed by atoms with Crippen LogP contribution in [0, 0.1) is 0 Å². The average Bonchev–Trinajstić information content (AvgIpc) is 2.43. The van der Waals surface area contributed by atoms with Crippen molar-refractivity contribution in [3.05, 3.63) is 24.5 Å². The normalized spacial score (nSPS) is 11.2. The van der Waals surface area contributed by atoms with Crippen molar-refractivity contribution in [2.75, 3.05) is 17.2 Å². The zero-order chi connectivity index (χ0) is 14.5. The van der Waals surface area contributed by atoms with Gasteiger partial charge in [-0.05, 0) is 38.5 Å². The molecule has 108 valence electrons. The summed E-state index contributed by atoms with van der Waals surface area (Å²) >= 11 is 0. The Kier molecular flexibility index (Phi) is 4.77. The van der Waals surface area contributed by atoms with Gasteiger partial charge >= 0.3 is 0 Å². The maximum atomic E-state index is 5.92. The topological polar surface area (TPSA) is 55.0 Å². The Morgan fingerprint density at radius 3 is 2.70 bits per heavy atom. The minimum Gasteiger partial charge on any atom is -0.399 e. The third-order valence-corrected chi connectivity index (χ3v) is 3.54. The van der Waals surface area contributed by atoms with Crippen LogP contribution >= 0.6 is 0 Å². The molecule has 0 atom stereocenters. The molecule has 0 amide bonds. The highest BCUT2D eigenvalue weighted by molar-refractivity contribution is 5.91. The van der Waals surface area contributed by atoms with Crippen molar-refractivity contribution in [3.8, 4) is 0 Å². The van der Waals surface area contributed by atoms with E-state index >= 15 is 0 Å². The van der Waals surface area contributed by atoms with Gasteiger partial charge in [0.05, 0.1) is 5.52 Å². The Morgan fingerprint density at radius 1 is 1.20 bits per heavy atom. The summed E-state index contributed by atoms with van der Waals surface area (Å²) in [6.07, 6.45) is 5.29. The van der Waals surface area contributed by atoms with Crippen LogP contribution in [0.1, 0.15) is 40.0 Å². The van der Waals surface area contributed by atoms with Gasteiger partial charge in [0.2, 0.25) is 0 Å². The van der Waals surface area contributed by atoms with E-state index in [2.05, 4.69) is 35.6 Å². The van der Waals surface area contributed by atoms with Crippen LogP contribution in [0.5, 0.6) is 0 Å². The van der Waals surface area contributed by atoms with Gasteiger partial charge in [-0.1, -0.05) is 19.8 Å². The van der Waals surface area contributed by atoms with Crippen LogP contribution in [0.25, 0.3) is 10.9 Å². The van der Waals surface area contributed by atoms with E-state index in [1.807, 2.05) is 18.2 Å². The number of hydrogen-bond acceptors (Lipinski definition) is 4. The maximum Gasteiger partial charge on any atom is 0.140 e. The van der Waals surface area contributed by atoms with Crippen molar-refractivity contribution in [2.24, 2.45) is 0 Å². The van der Waals surface area contributed by atoms with Gasteiger partial charge in [0.25, 0.3) is 0 Å². The summed E-state index contributed by atoms with van der Waals surface area (Å²) in [4.78, 5) is 11.2. The molecule has 2 aromatic rings. The summed E-state index contributed by atoms with van der Waals surface area (Å²) in [5.74, 6) is 0.994. The first-order valence-electron chi connectivity index (χ1n) is 7.40. The molecule has 0 fully saturated rings. The molecule has 0 spiro atoms. The van der Waals surface area contributed by atoms with Gasteiger partial charge in [-0.2, -0.15) is 0 Å². The van der Waals surface area contributed by atoms with Gasteiger partial charge in [-0.15, -0.1) is 0 Å². The lowest BCUT2D eigenvalue weighted by atomic mass is 10.1. The molecule has 2 N–H and O–H groups in total. The minimum atomic E-state index is 0.409. The highest BCUT2D eigenvalue weighted by Gasteiger charge is 2.15. The molecule has 1 heterocycles. The molecule has 1 aromatic heterocycles. The molecule has 0 aliphatic carbocycles. The monoisotopic (exact) mass is 272 g/mol. The Bertz CT molecular complexity index is 565. The van der Waals surface area contributed by atoms with E-state index in [9.17, 15) is 0 Å². The van der Waals surface area contributed by atoms with Gasteiger partial charge < -0.3 is 10.6 Å². The number of nitrogen functional groups attached to an aromatic ring is 1. The molecule has 0 unspecified atom stereocenters. The number of benzene rings is 1. The molecule has 0 radical (unpaired) electrons. The smallest absolute Gasteiger partial charge is 0.140 e. The zero-order valence-corrected chi connectivity index (χ0v) is 12.6. The summed E-state index contributed by atoms with van der Waals surface area (Å²) in [5.41, 5.74) is 7.62. The van der Waals surface area contributed by atoms with Gasteiger partial charge in [0.1, 0.15) is 12.1 Å². The Hall–Kier alpha value is -1.84. The number of rotatable bonds is 6. The zero-order valence-electron chi connectivity index (χ0n) is 12.6. The van der Waals surface area contributed by atoms with Gasteiger partial charge in [-0.3, -0.25) is 0 Å². The SMILES string of the molecule is CCCCCN(c1ncnc2ccc(N)cc12)C(C)C.